The lowest BCUT2D eigenvalue weighted by atomic mass is 10.0. The van der Waals surface area contributed by atoms with E-state index in [9.17, 15) is 9.59 Å². The number of rotatable bonds is 4. The SMILES string of the molecule is COC(=O)Nc1cccc(NC(=O)CC2CCNC2)c1. The number of ether oxygens (including phenoxy) is 1. The third-order valence-corrected chi connectivity index (χ3v) is 3.21. The maximum Gasteiger partial charge on any atom is 0.411 e. The van der Waals surface area contributed by atoms with E-state index in [2.05, 4.69) is 20.7 Å². The number of carbonyl (C=O) groups is 2. The smallest absolute Gasteiger partial charge is 0.411 e. The van der Waals surface area contributed by atoms with Crippen LogP contribution < -0.4 is 16.0 Å². The molecule has 0 bridgehead atoms. The molecule has 3 N–H and O–H groups in total. The molecule has 1 unspecified atom stereocenters. The Morgan fingerprint density at radius 3 is 2.75 bits per heavy atom. The van der Waals surface area contributed by atoms with Crippen LogP contribution in [-0.4, -0.2) is 32.2 Å². The lowest BCUT2D eigenvalue weighted by Crippen LogP contribution is -2.18. The molecular formula is C14H19N3O3. The Labute approximate surface area is 117 Å². The van der Waals surface area contributed by atoms with Gasteiger partial charge in [-0.3, -0.25) is 10.1 Å². The molecule has 1 aromatic carbocycles. The molecule has 2 rings (SSSR count). The van der Waals surface area contributed by atoms with Crippen molar-refractivity contribution in [3.05, 3.63) is 24.3 Å². The summed E-state index contributed by atoms with van der Waals surface area (Å²) in [6, 6.07) is 6.97. The molecule has 6 heteroatoms. The molecule has 0 saturated carbocycles. The third-order valence-electron chi connectivity index (χ3n) is 3.21. The summed E-state index contributed by atoms with van der Waals surface area (Å²) in [5, 5.41) is 8.63. The van der Waals surface area contributed by atoms with Crippen LogP contribution in [0.4, 0.5) is 16.2 Å². The molecule has 1 fully saturated rings. The number of hydrogen-bond acceptors (Lipinski definition) is 4. The van der Waals surface area contributed by atoms with Crippen molar-refractivity contribution in [3.63, 3.8) is 0 Å². The number of anilines is 2. The van der Waals surface area contributed by atoms with Gasteiger partial charge in [-0.15, -0.1) is 0 Å². The number of hydrogen-bond donors (Lipinski definition) is 3. The van der Waals surface area contributed by atoms with Crippen LogP contribution in [-0.2, 0) is 9.53 Å². The van der Waals surface area contributed by atoms with Crippen molar-refractivity contribution >= 4 is 23.4 Å². The number of nitrogens with one attached hydrogen (secondary N) is 3. The van der Waals surface area contributed by atoms with Crippen LogP contribution in [0.2, 0.25) is 0 Å². The Bertz CT molecular complexity index is 484. The molecule has 20 heavy (non-hydrogen) atoms. The van der Waals surface area contributed by atoms with Crippen molar-refractivity contribution in [3.8, 4) is 0 Å². The van der Waals surface area contributed by atoms with E-state index in [1.54, 1.807) is 24.3 Å². The number of benzene rings is 1. The highest BCUT2D eigenvalue weighted by Gasteiger charge is 2.18. The predicted molar refractivity (Wildman–Crippen MR) is 76.7 cm³/mol. The van der Waals surface area contributed by atoms with Crippen LogP contribution in [0, 0.1) is 5.92 Å². The summed E-state index contributed by atoms with van der Waals surface area (Å²) in [6.45, 7) is 1.88. The molecule has 1 aromatic rings. The van der Waals surface area contributed by atoms with Crippen LogP contribution in [0.1, 0.15) is 12.8 Å². The summed E-state index contributed by atoms with van der Waals surface area (Å²) in [6.07, 6.45) is 1.02. The normalized spacial score (nSPS) is 17.6. The largest absolute Gasteiger partial charge is 0.453 e. The number of carbonyl (C=O) groups excluding carboxylic acids is 2. The highest BCUT2D eigenvalue weighted by atomic mass is 16.5. The van der Waals surface area contributed by atoms with Gasteiger partial charge in [-0.05, 0) is 43.6 Å². The fraction of sp³-hybridized carbons (Fsp3) is 0.429. The van der Waals surface area contributed by atoms with E-state index in [1.807, 2.05) is 0 Å². The monoisotopic (exact) mass is 277 g/mol. The average Bonchev–Trinajstić information content (AvgIpc) is 2.91. The van der Waals surface area contributed by atoms with Crippen molar-refractivity contribution in [2.75, 3.05) is 30.8 Å². The van der Waals surface area contributed by atoms with E-state index >= 15 is 0 Å². The fourth-order valence-corrected chi connectivity index (χ4v) is 2.21. The van der Waals surface area contributed by atoms with Gasteiger partial charge in [0, 0.05) is 17.8 Å². The van der Waals surface area contributed by atoms with Gasteiger partial charge in [0.05, 0.1) is 7.11 Å². The number of methoxy groups -OCH3 is 1. The fourth-order valence-electron chi connectivity index (χ4n) is 2.21. The second-order valence-electron chi connectivity index (χ2n) is 4.81. The van der Waals surface area contributed by atoms with Gasteiger partial charge in [0.25, 0.3) is 0 Å². The summed E-state index contributed by atoms with van der Waals surface area (Å²) in [5.41, 5.74) is 1.24. The van der Waals surface area contributed by atoms with Gasteiger partial charge in [-0.1, -0.05) is 6.07 Å². The van der Waals surface area contributed by atoms with E-state index in [4.69, 9.17) is 0 Å². The first-order valence-corrected chi connectivity index (χ1v) is 6.63. The summed E-state index contributed by atoms with van der Waals surface area (Å²) in [5.74, 6) is 0.403. The molecule has 0 aliphatic carbocycles. The van der Waals surface area contributed by atoms with E-state index in [0.29, 0.717) is 23.7 Å². The predicted octanol–water partition coefficient (Wildman–Crippen LogP) is 1.80. The minimum atomic E-state index is -0.537. The van der Waals surface area contributed by atoms with Crippen LogP contribution >= 0.6 is 0 Å². The summed E-state index contributed by atoms with van der Waals surface area (Å²) in [7, 11) is 1.30. The van der Waals surface area contributed by atoms with E-state index in [-0.39, 0.29) is 5.91 Å². The first kappa shape index (κ1) is 14.3. The van der Waals surface area contributed by atoms with Gasteiger partial charge in [-0.25, -0.2) is 4.79 Å². The lowest BCUT2D eigenvalue weighted by molar-refractivity contribution is -0.116. The molecular weight excluding hydrogens is 258 g/mol. The Morgan fingerprint density at radius 2 is 2.10 bits per heavy atom. The molecule has 108 valence electrons. The minimum Gasteiger partial charge on any atom is -0.453 e. The third kappa shape index (κ3) is 4.24. The van der Waals surface area contributed by atoms with Crippen molar-refractivity contribution in [1.82, 2.24) is 5.32 Å². The molecule has 1 aliphatic heterocycles. The second-order valence-corrected chi connectivity index (χ2v) is 4.81. The van der Waals surface area contributed by atoms with Crippen molar-refractivity contribution in [2.45, 2.75) is 12.8 Å². The van der Waals surface area contributed by atoms with Crippen molar-refractivity contribution in [2.24, 2.45) is 5.92 Å². The van der Waals surface area contributed by atoms with Gasteiger partial charge in [0.2, 0.25) is 5.91 Å². The van der Waals surface area contributed by atoms with Gasteiger partial charge >= 0.3 is 6.09 Å². The highest BCUT2D eigenvalue weighted by molar-refractivity contribution is 5.92. The van der Waals surface area contributed by atoms with Crippen LogP contribution in [0.25, 0.3) is 0 Å². The van der Waals surface area contributed by atoms with Gasteiger partial charge in [0.1, 0.15) is 0 Å². The lowest BCUT2D eigenvalue weighted by Gasteiger charge is -2.10. The van der Waals surface area contributed by atoms with E-state index in [1.165, 1.54) is 7.11 Å². The molecule has 1 aliphatic rings. The second kappa shape index (κ2) is 6.91. The molecule has 0 spiro atoms. The van der Waals surface area contributed by atoms with Crippen LogP contribution in [0.15, 0.2) is 24.3 Å². The zero-order chi connectivity index (χ0) is 14.4. The first-order valence-electron chi connectivity index (χ1n) is 6.63. The highest BCUT2D eigenvalue weighted by Crippen LogP contribution is 2.17. The van der Waals surface area contributed by atoms with Gasteiger partial charge < -0.3 is 15.4 Å². The molecule has 2 amide bonds. The van der Waals surface area contributed by atoms with E-state index < -0.39 is 6.09 Å². The van der Waals surface area contributed by atoms with Gasteiger partial charge in [0.15, 0.2) is 0 Å². The quantitative estimate of drug-likeness (QED) is 0.784. The summed E-state index contributed by atoms with van der Waals surface area (Å²) in [4.78, 5) is 23.0. The summed E-state index contributed by atoms with van der Waals surface area (Å²) < 4.78 is 4.52. The maximum atomic E-state index is 11.9. The van der Waals surface area contributed by atoms with Crippen molar-refractivity contribution < 1.29 is 14.3 Å². The standard InChI is InChI=1S/C14H19N3O3/c1-20-14(19)17-12-4-2-3-11(8-12)16-13(18)7-10-5-6-15-9-10/h2-4,8,10,15H,5-7,9H2,1H3,(H,16,18)(H,17,19). The average molecular weight is 277 g/mol. The van der Waals surface area contributed by atoms with Gasteiger partial charge in [-0.2, -0.15) is 0 Å². The molecule has 6 nitrogen and oxygen atoms in total. The van der Waals surface area contributed by atoms with Crippen LogP contribution in [0.3, 0.4) is 0 Å². The Balaban J connectivity index is 1.89. The molecule has 1 heterocycles. The van der Waals surface area contributed by atoms with E-state index in [0.717, 1.165) is 19.5 Å². The minimum absolute atomic E-state index is 0.00563. The molecule has 1 atom stereocenters. The Hall–Kier alpha value is -2.08. The Morgan fingerprint density at radius 1 is 1.35 bits per heavy atom. The topological polar surface area (TPSA) is 79.5 Å². The van der Waals surface area contributed by atoms with Crippen molar-refractivity contribution in [1.29, 1.82) is 0 Å². The zero-order valence-corrected chi connectivity index (χ0v) is 11.4. The zero-order valence-electron chi connectivity index (χ0n) is 11.4. The molecule has 0 radical (unpaired) electrons. The maximum absolute atomic E-state index is 11.9. The first-order chi connectivity index (χ1) is 9.67. The molecule has 1 saturated heterocycles. The summed E-state index contributed by atoms with van der Waals surface area (Å²) >= 11 is 0. The number of amides is 2. The Kier molecular flexibility index (Phi) is 4.95. The van der Waals surface area contributed by atoms with Crippen LogP contribution in [0.5, 0.6) is 0 Å². The molecule has 0 aromatic heterocycles.